The highest BCUT2D eigenvalue weighted by molar-refractivity contribution is 6.31. The van der Waals surface area contributed by atoms with E-state index in [9.17, 15) is 13.6 Å². The summed E-state index contributed by atoms with van der Waals surface area (Å²) in [7, 11) is 0. The van der Waals surface area contributed by atoms with E-state index < -0.39 is 17.5 Å². The van der Waals surface area contributed by atoms with E-state index in [0.717, 1.165) is 0 Å². The van der Waals surface area contributed by atoms with Crippen LogP contribution in [0.25, 0.3) is 17.0 Å². The maximum Gasteiger partial charge on any atom is 0.231 e. The lowest BCUT2D eigenvalue weighted by molar-refractivity contribution is -0.117. The van der Waals surface area contributed by atoms with Crippen LogP contribution in [-0.4, -0.2) is 80.9 Å². The summed E-state index contributed by atoms with van der Waals surface area (Å²) in [6, 6.07) is 16.0. The van der Waals surface area contributed by atoms with Gasteiger partial charge in [-0.05, 0) is 36.4 Å². The van der Waals surface area contributed by atoms with Crippen LogP contribution in [-0.2, 0) is 25.5 Å². The summed E-state index contributed by atoms with van der Waals surface area (Å²) in [6.07, 6.45) is 3.28. The molecule has 0 fully saturated rings. The van der Waals surface area contributed by atoms with Crippen LogP contribution in [0.4, 0.5) is 20.4 Å². The van der Waals surface area contributed by atoms with Gasteiger partial charge in [-0.2, -0.15) is 5.11 Å². The molecule has 0 bridgehead atoms. The first-order valence-corrected chi connectivity index (χ1v) is 16.8. The maximum atomic E-state index is 14.9. The van der Waals surface area contributed by atoms with E-state index in [2.05, 4.69) is 31.0 Å². The predicted octanol–water partition coefficient (Wildman–Crippen LogP) is 5.21. The van der Waals surface area contributed by atoms with E-state index in [1.54, 1.807) is 30.6 Å². The number of halogens is 3. The van der Waals surface area contributed by atoms with Gasteiger partial charge in [-0.25, -0.2) is 24.3 Å². The highest BCUT2D eigenvalue weighted by atomic mass is 35.5. The second-order valence-corrected chi connectivity index (χ2v) is 11.7. The second-order valence-electron chi connectivity index (χ2n) is 11.3. The van der Waals surface area contributed by atoms with Crippen LogP contribution in [0.15, 0.2) is 83.2 Å². The van der Waals surface area contributed by atoms with Crippen molar-refractivity contribution in [1.82, 2.24) is 20.6 Å². The Balaban J connectivity index is 1.11. The first-order valence-electron chi connectivity index (χ1n) is 16.4. The summed E-state index contributed by atoms with van der Waals surface area (Å²) in [5.41, 5.74) is 16.7. The largest absolute Gasteiger partial charge is 0.387 e. The van der Waals surface area contributed by atoms with Gasteiger partial charge in [0.25, 0.3) is 0 Å². The van der Waals surface area contributed by atoms with Crippen LogP contribution in [0, 0.1) is 17.2 Å². The van der Waals surface area contributed by atoms with E-state index in [-0.39, 0.29) is 24.4 Å². The molecule has 5 rings (SSSR count). The Hall–Kier alpha value is -5.19. The van der Waals surface area contributed by atoms with Crippen molar-refractivity contribution in [2.24, 2.45) is 15.8 Å². The smallest absolute Gasteiger partial charge is 0.231 e. The molecule has 0 radical (unpaired) electrons. The van der Waals surface area contributed by atoms with Crippen molar-refractivity contribution >= 4 is 40.6 Å². The van der Waals surface area contributed by atoms with Gasteiger partial charge >= 0.3 is 0 Å². The van der Waals surface area contributed by atoms with Gasteiger partial charge in [0, 0.05) is 58.5 Å². The molecule has 0 aliphatic carbocycles. The minimum absolute atomic E-state index is 0.109. The third kappa shape index (κ3) is 10.7. The zero-order valence-corrected chi connectivity index (χ0v) is 28.9. The molecule has 1 amide bonds. The molecule has 1 aliphatic rings. The highest BCUT2D eigenvalue weighted by Crippen LogP contribution is 2.35. The molecule has 16 heteroatoms. The number of carbonyl (C=O) groups excluding carboxylic acids is 1. The number of ether oxygens (including phenoxy) is 3. The Morgan fingerprint density at radius 1 is 0.942 bits per heavy atom. The van der Waals surface area contributed by atoms with E-state index in [1.807, 2.05) is 24.3 Å². The molecule has 4 aromatic rings. The minimum atomic E-state index is -0.726. The topological polar surface area (TPSA) is 181 Å². The molecule has 0 atom stereocenters. The molecule has 6 N–H and O–H groups in total. The third-order valence-corrected chi connectivity index (χ3v) is 7.85. The Bertz CT molecular complexity index is 1890. The molecule has 0 spiro atoms. The van der Waals surface area contributed by atoms with Gasteiger partial charge in [-0.15, -0.1) is 0 Å². The summed E-state index contributed by atoms with van der Waals surface area (Å²) in [4.78, 5) is 24.4. The fraction of sp³-hybridized carbons (Fsp3) is 0.278. The van der Waals surface area contributed by atoms with Crippen molar-refractivity contribution in [3.05, 3.63) is 112 Å². The molecule has 1 aromatic heterocycles. The molecule has 0 unspecified atom stereocenters. The van der Waals surface area contributed by atoms with Crippen molar-refractivity contribution in [3.63, 3.8) is 0 Å². The monoisotopic (exact) mass is 733 g/mol. The van der Waals surface area contributed by atoms with E-state index in [4.69, 9.17) is 42.1 Å². The van der Waals surface area contributed by atoms with E-state index in [1.165, 1.54) is 18.2 Å². The lowest BCUT2D eigenvalue weighted by Crippen LogP contribution is -2.31. The van der Waals surface area contributed by atoms with Gasteiger partial charge in [0.2, 0.25) is 11.9 Å². The molecule has 52 heavy (non-hydrogen) atoms. The maximum absolute atomic E-state index is 14.9. The van der Waals surface area contributed by atoms with E-state index >= 15 is 0 Å². The van der Waals surface area contributed by atoms with Crippen LogP contribution in [0.2, 0.25) is 5.02 Å². The normalized spacial score (nSPS) is 12.4. The Kier molecular flexibility index (Phi) is 14.2. The predicted molar refractivity (Wildman–Crippen MR) is 194 cm³/mol. The molecular formula is C36H38ClF2N9O4. The van der Waals surface area contributed by atoms with Crippen molar-refractivity contribution in [3.8, 4) is 11.3 Å². The molecule has 1 aliphatic heterocycles. The molecule has 272 valence electrons. The number of benzene rings is 3. The van der Waals surface area contributed by atoms with Gasteiger partial charge in [-0.1, -0.05) is 35.9 Å². The fourth-order valence-corrected chi connectivity index (χ4v) is 5.33. The lowest BCUT2D eigenvalue weighted by atomic mass is 9.95. The van der Waals surface area contributed by atoms with Gasteiger partial charge in [0.1, 0.15) is 17.3 Å². The second kappa shape index (κ2) is 19.4. The third-order valence-electron chi connectivity index (χ3n) is 7.62. The average molecular weight is 734 g/mol. The van der Waals surface area contributed by atoms with Gasteiger partial charge in [0.15, 0.2) is 0 Å². The SMILES string of the molecule is N=N/C(=C\NCCOCCOCCOCCNCC(N)=O)c1ccc(Nc2ncc3c(n2)-c2ccc(Cl)cc2C(c2c(F)cccc2F)=NC3)cc1. The standard InChI is InChI=1S/C36H38ClF2N9O4/c37-25-6-9-27-28(18-25)35(33-29(38)2-1-3-30(33)39)44-19-24-20-45-36(47-34(24)27)46-26-7-4-23(5-8-26)31(48-41)21-42-10-12-50-14-16-52-17-15-51-13-11-43-22-32(40)49/h1-9,18,20-21,41-43H,10-17,19,22H2,(H2,40,49)(H,45,46,47)/b31-21-,48-41?. The fourth-order valence-electron chi connectivity index (χ4n) is 5.15. The minimum Gasteiger partial charge on any atom is -0.387 e. The van der Waals surface area contributed by atoms with Gasteiger partial charge in [0.05, 0.1) is 69.7 Å². The lowest BCUT2D eigenvalue weighted by Gasteiger charge is -2.13. The van der Waals surface area contributed by atoms with Crippen LogP contribution in [0.1, 0.15) is 22.3 Å². The van der Waals surface area contributed by atoms with Crippen LogP contribution in [0.5, 0.6) is 0 Å². The van der Waals surface area contributed by atoms with Gasteiger partial charge in [-0.3, -0.25) is 9.79 Å². The number of anilines is 2. The number of rotatable bonds is 20. The van der Waals surface area contributed by atoms with Crippen molar-refractivity contribution in [2.75, 3.05) is 64.6 Å². The summed E-state index contributed by atoms with van der Waals surface area (Å²) in [6.45, 7) is 3.90. The molecule has 0 saturated heterocycles. The Morgan fingerprint density at radius 3 is 2.33 bits per heavy atom. The zero-order chi connectivity index (χ0) is 36.7. The number of aliphatic imine (C=N–C) groups is 1. The summed E-state index contributed by atoms with van der Waals surface area (Å²) < 4.78 is 46.1. The number of nitrogens with zero attached hydrogens (tertiary/aromatic N) is 4. The first kappa shape index (κ1) is 38.1. The van der Waals surface area contributed by atoms with Crippen LogP contribution >= 0.6 is 11.6 Å². The number of aromatic nitrogens is 2. The number of hydrogen-bond donors (Lipinski definition) is 5. The van der Waals surface area contributed by atoms with Crippen molar-refractivity contribution in [2.45, 2.75) is 6.54 Å². The average Bonchev–Trinajstić information content (AvgIpc) is 3.28. The number of nitrogens with two attached hydrogens (primary N) is 1. The summed E-state index contributed by atoms with van der Waals surface area (Å²) in [5.74, 6) is -1.55. The molecular weight excluding hydrogens is 696 g/mol. The Morgan fingerprint density at radius 2 is 1.63 bits per heavy atom. The number of fused-ring (bicyclic) bond motifs is 3. The Labute approximate surface area is 304 Å². The molecule has 13 nitrogen and oxygen atoms in total. The number of hydrogen-bond acceptors (Lipinski definition) is 12. The summed E-state index contributed by atoms with van der Waals surface area (Å²) >= 11 is 6.33. The highest BCUT2D eigenvalue weighted by Gasteiger charge is 2.25. The first-order chi connectivity index (χ1) is 25.3. The summed E-state index contributed by atoms with van der Waals surface area (Å²) in [5, 5.41) is 13.2. The zero-order valence-electron chi connectivity index (χ0n) is 28.1. The van der Waals surface area contributed by atoms with E-state index in [0.29, 0.717) is 103 Å². The van der Waals surface area contributed by atoms with Crippen molar-refractivity contribution < 1.29 is 27.8 Å². The molecule has 0 saturated carbocycles. The molecule has 3 aromatic carbocycles. The number of amides is 1. The number of primary amides is 1. The number of nitrogens with one attached hydrogen (secondary N) is 4. The quantitative estimate of drug-likeness (QED) is 0.0602. The van der Waals surface area contributed by atoms with Gasteiger partial charge < -0.3 is 35.9 Å². The van der Waals surface area contributed by atoms with Crippen molar-refractivity contribution in [1.29, 1.82) is 5.53 Å². The number of carbonyl (C=O) groups is 1. The van der Waals surface area contributed by atoms with Crippen LogP contribution in [0.3, 0.4) is 0 Å². The molecule has 2 heterocycles. The van der Waals surface area contributed by atoms with Crippen LogP contribution < -0.4 is 21.7 Å².